The Morgan fingerprint density at radius 1 is 1.29 bits per heavy atom. The number of amides is 1. The minimum Gasteiger partial charge on any atom is -0.443 e. The van der Waals surface area contributed by atoms with Crippen molar-refractivity contribution >= 4 is 27.7 Å². The van der Waals surface area contributed by atoms with Crippen LogP contribution in [0.4, 0.5) is 4.79 Å². The fourth-order valence-electron chi connectivity index (χ4n) is 2.03. The quantitative estimate of drug-likeness (QED) is 0.747. The minimum atomic E-state index is -4.00. The Kier molecular flexibility index (Phi) is 5.26. The Balaban J connectivity index is 2.47. The van der Waals surface area contributed by atoms with E-state index < -0.39 is 26.4 Å². The molecule has 0 unspecified atom stereocenters. The molecule has 0 saturated carbocycles. The van der Waals surface area contributed by atoms with Gasteiger partial charge in [-0.05, 0) is 32.9 Å². The zero-order chi connectivity index (χ0) is 18.0. The first-order chi connectivity index (χ1) is 11.2. The van der Waals surface area contributed by atoms with Crippen LogP contribution in [-0.4, -0.2) is 37.3 Å². The summed E-state index contributed by atoms with van der Waals surface area (Å²) in [6.07, 6.45) is -0.654. The predicted molar refractivity (Wildman–Crippen MR) is 91.7 cm³/mol. The number of carbonyl (C=O) groups excluding carboxylic acids is 1. The number of rotatable bonds is 2. The van der Waals surface area contributed by atoms with Crippen molar-refractivity contribution in [1.82, 2.24) is 4.90 Å². The normalized spacial score (nSPS) is 17.3. The average Bonchev–Trinajstić information content (AvgIpc) is 2.96. The monoisotopic (exact) mass is 366 g/mol. The number of ether oxygens (including phenoxy) is 1. The summed E-state index contributed by atoms with van der Waals surface area (Å²) in [7, 11) is -4.00. The van der Waals surface area contributed by atoms with Gasteiger partial charge in [0.25, 0.3) is 0 Å². The molecule has 0 aromatic heterocycles. The molecule has 1 amide bonds. The number of thioether (sulfide) groups is 1. The number of allylic oxidation sites excluding steroid dienone is 1. The Hall–Kier alpha value is -1.98. The van der Waals surface area contributed by atoms with Crippen molar-refractivity contribution in [3.05, 3.63) is 40.3 Å². The third kappa shape index (κ3) is 3.91. The van der Waals surface area contributed by atoms with Crippen molar-refractivity contribution in [1.29, 1.82) is 5.26 Å². The van der Waals surface area contributed by atoms with Gasteiger partial charge >= 0.3 is 6.09 Å². The van der Waals surface area contributed by atoms with Gasteiger partial charge in [0, 0.05) is 12.3 Å². The average molecular weight is 366 g/mol. The molecule has 6 nitrogen and oxygen atoms in total. The lowest BCUT2D eigenvalue weighted by Crippen LogP contribution is -2.35. The first kappa shape index (κ1) is 18.4. The van der Waals surface area contributed by atoms with Gasteiger partial charge in [-0.1, -0.05) is 18.2 Å². The summed E-state index contributed by atoms with van der Waals surface area (Å²) < 4.78 is 30.8. The van der Waals surface area contributed by atoms with Gasteiger partial charge in [0.05, 0.1) is 4.90 Å². The Labute approximate surface area is 146 Å². The molecule has 0 aliphatic carbocycles. The van der Waals surface area contributed by atoms with E-state index in [4.69, 9.17) is 4.74 Å². The van der Waals surface area contributed by atoms with Crippen molar-refractivity contribution in [3.8, 4) is 6.07 Å². The van der Waals surface area contributed by atoms with E-state index in [0.29, 0.717) is 12.3 Å². The smallest absolute Gasteiger partial charge is 0.415 e. The highest BCUT2D eigenvalue weighted by Gasteiger charge is 2.35. The van der Waals surface area contributed by atoms with Crippen LogP contribution < -0.4 is 0 Å². The Morgan fingerprint density at radius 3 is 2.46 bits per heavy atom. The molecule has 1 heterocycles. The molecule has 1 aliphatic rings. The van der Waals surface area contributed by atoms with Gasteiger partial charge in [-0.2, -0.15) is 5.26 Å². The molecule has 1 aromatic rings. The fraction of sp³-hybridized carbons (Fsp3) is 0.375. The highest BCUT2D eigenvalue weighted by atomic mass is 32.2. The largest absolute Gasteiger partial charge is 0.443 e. The molecule has 0 N–H and O–H groups in total. The van der Waals surface area contributed by atoms with Crippen LogP contribution in [0.5, 0.6) is 0 Å². The van der Waals surface area contributed by atoms with Gasteiger partial charge in [-0.25, -0.2) is 13.2 Å². The second kappa shape index (κ2) is 6.87. The first-order valence-electron chi connectivity index (χ1n) is 7.24. The van der Waals surface area contributed by atoms with Crippen LogP contribution in [0.1, 0.15) is 20.8 Å². The molecule has 128 valence electrons. The molecular formula is C16H18N2O4S2. The van der Waals surface area contributed by atoms with Gasteiger partial charge in [0.15, 0.2) is 4.91 Å². The zero-order valence-electron chi connectivity index (χ0n) is 13.6. The zero-order valence-corrected chi connectivity index (χ0v) is 15.3. The van der Waals surface area contributed by atoms with Gasteiger partial charge < -0.3 is 4.74 Å². The van der Waals surface area contributed by atoms with E-state index in [1.807, 2.05) is 0 Å². The maximum Gasteiger partial charge on any atom is 0.415 e. The molecule has 8 heteroatoms. The number of hydrogen-bond acceptors (Lipinski definition) is 6. The summed E-state index contributed by atoms with van der Waals surface area (Å²) in [5.74, 6) is 0.504. The van der Waals surface area contributed by atoms with Gasteiger partial charge in [-0.3, -0.25) is 4.90 Å². The summed E-state index contributed by atoms with van der Waals surface area (Å²) in [5, 5.41) is 9.56. The van der Waals surface area contributed by atoms with Crippen LogP contribution in [0.15, 0.2) is 45.2 Å². The van der Waals surface area contributed by atoms with E-state index in [9.17, 15) is 18.5 Å². The minimum absolute atomic E-state index is 0.0192. The van der Waals surface area contributed by atoms with Gasteiger partial charge in [0.1, 0.15) is 16.7 Å². The van der Waals surface area contributed by atoms with Crippen LogP contribution in [0.2, 0.25) is 0 Å². The standard InChI is InChI=1S/C16H18N2O4S2/c1-16(2,3)22-15(19)18-9-10-23-14(18)13(11-17)24(20,21)12-7-5-4-6-8-12/h4-8H,9-10H2,1-3H3/b14-13+. The van der Waals surface area contributed by atoms with Crippen molar-refractivity contribution < 1.29 is 17.9 Å². The maximum atomic E-state index is 12.7. The van der Waals surface area contributed by atoms with Gasteiger partial charge in [-0.15, -0.1) is 11.8 Å². The summed E-state index contributed by atoms with van der Waals surface area (Å²) in [6.45, 7) is 5.47. The van der Waals surface area contributed by atoms with E-state index in [1.54, 1.807) is 45.0 Å². The second-order valence-corrected chi connectivity index (χ2v) is 9.01. The number of nitriles is 1. The SMILES string of the molecule is CC(C)(C)OC(=O)N1CCS/C1=C(\C#N)S(=O)(=O)c1ccccc1. The Bertz CT molecular complexity index is 803. The molecule has 2 rings (SSSR count). The molecule has 1 fully saturated rings. The molecule has 0 radical (unpaired) electrons. The lowest BCUT2D eigenvalue weighted by atomic mass is 10.2. The number of nitrogens with zero attached hydrogens (tertiary/aromatic N) is 2. The predicted octanol–water partition coefficient (Wildman–Crippen LogP) is 3.14. The molecule has 1 aliphatic heterocycles. The topological polar surface area (TPSA) is 87.5 Å². The number of hydrogen-bond donors (Lipinski definition) is 0. The lowest BCUT2D eigenvalue weighted by molar-refractivity contribution is 0.0345. The van der Waals surface area contributed by atoms with E-state index >= 15 is 0 Å². The highest BCUT2D eigenvalue weighted by Crippen LogP contribution is 2.35. The first-order valence-corrected chi connectivity index (χ1v) is 9.71. The third-order valence-electron chi connectivity index (χ3n) is 3.03. The van der Waals surface area contributed by atoms with Crippen molar-refractivity contribution in [2.45, 2.75) is 31.3 Å². The molecule has 0 spiro atoms. The van der Waals surface area contributed by atoms with Crippen LogP contribution in [0.3, 0.4) is 0 Å². The van der Waals surface area contributed by atoms with Crippen LogP contribution in [0.25, 0.3) is 0 Å². The lowest BCUT2D eigenvalue weighted by Gasteiger charge is -2.25. The van der Waals surface area contributed by atoms with E-state index in [2.05, 4.69) is 0 Å². The molecule has 0 bridgehead atoms. The molecule has 0 atom stereocenters. The Morgan fingerprint density at radius 2 is 1.92 bits per heavy atom. The molecule has 24 heavy (non-hydrogen) atoms. The number of sulfone groups is 1. The highest BCUT2D eigenvalue weighted by molar-refractivity contribution is 8.04. The van der Waals surface area contributed by atoms with Crippen molar-refractivity contribution in [2.24, 2.45) is 0 Å². The third-order valence-corrected chi connectivity index (χ3v) is 5.96. The molecule has 1 aromatic carbocycles. The van der Waals surface area contributed by atoms with E-state index in [-0.39, 0.29) is 9.92 Å². The molecular weight excluding hydrogens is 348 g/mol. The van der Waals surface area contributed by atoms with Crippen LogP contribution in [-0.2, 0) is 14.6 Å². The van der Waals surface area contributed by atoms with E-state index in [0.717, 1.165) is 11.8 Å². The van der Waals surface area contributed by atoms with Gasteiger partial charge in [0.2, 0.25) is 9.84 Å². The van der Waals surface area contributed by atoms with E-state index in [1.165, 1.54) is 17.0 Å². The van der Waals surface area contributed by atoms with Crippen molar-refractivity contribution in [2.75, 3.05) is 12.3 Å². The number of benzene rings is 1. The number of carbonyl (C=O) groups is 1. The summed E-state index contributed by atoms with van der Waals surface area (Å²) >= 11 is 1.16. The maximum absolute atomic E-state index is 12.7. The van der Waals surface area contributed by atoms with Crippen molar-refractivity contribution in [3.63, 3.8) is 0 Å². The second-order valence-electron chi connectivity index (χ2n) is 6.04. The fourth-order valence-corrected chi connectivity index (χ4v) is 4.72. The molecule has 1 saturated heterocycles. The summed E-state index contributed by atoms with van der Waals surface area (Å²) in [4.78, 5) is 13.1. The summed E-state index contributed by atoms with van der Waals surface area (Å²) in [5.41, 5.74) is -0.708. The van der Waals surface area contributed by atoms with Crippen LogP contribution >= 0.6 is 11.8 Å². The van der Waals surface area contributed by atoms with Crippen LogP contribution in [0, 0.1) is 11.3 Å². The summed E-state index contributed by atoms with van der Waals surface area (Å²) in [6, 6.07) is 9.45.